The lowest BCUT2D eigenvalue weighted by molar-refractivity contribution is 1.03. The molecule has 0 atom stereocenters. The summed E-state index contributed by atoms with van der Waals surface area (Å²) in [6, 6.07) is 0. The standard InChI is InChI=1S/C6H7N3.CH4/c1-3-4-6-7-5(2)8-9-6;/h1-2H3,(H,7,8,9);1H4. The van der Waals surface area contributed by atoms with E-state index in [-0.39, 0.29) is 7.43 Å². The van der Waals surface area contributed by atoms with Crippen molar-refractivity contribution in [3.05, 3.63) is 11.6 Å². The Morgan fingerprint density at radius 2 is 2.20 bits per heavy atom. The molecule has 0 radical (unpaired) electrons. The molecule has 0 aromatic carbocycles. The van der Waals surface area contributed by atoms with Gasteiger partial charge in [0.1, 0.15) is 5.82 Å². The third-order valence-electron chi connectivity index (χ3n) is 0.834. The maximum Gasteiger partial charge on any atom is 0.225 e. The van der Waals surface area contributed by atoms with Crippen LogP contribution in [0.1, 0.15) is 26.0 Å². The summed E-state index contributed by atoms with van der Waals surface area (Å²) in [5.74, 6) is 6.79. The lowest BCUT2D eigenvalue weighted by Gasteiger charge is -1.69. The highest BCUT2D eigenvalue weighted by Crippen LogP contribution is 1.85. The van der Waals surface area contributed by atoms with Gasteiger partial charge in [-0.2, -0.15) is 0 Å². The van der Waals surface area contributed by atoms with E-state index < -0.39 is 0 Å². The number of aromatic amines is 1. The highest BCUT2D eigenvalue weighted by atomic mass is 15.2. The molecule has 0 saturated carbocycles. The van der Waals surface area contributed by atoms with Gasteiger partial charge in [-0.3, -0.25) is 5.10 Å². The van der Waals surface area contributed by atoms with Crippen molar-refractivity contribution in [1.82, 2.24) is 15.2 Å². The van der Waals surface area contributed by atoms with Crippen molar-refractivity contribution in [3.8, 4) is 11.8 Å². The van der Waals surface area contributed by atoms with Crippen LogP contribution in [0.5, 0.6) is 0 Å². The lowest BCUT2D eigenvalue weighted by atomic mass is 10.6. The van der Waals surface area contributed by atoms with Crippen LogP contribution >= 0.6 is 0 Å². The molecule has 1 heterocycles. The summed E-state index contributed by atoms with van der Waals surface area (Å²) in [6.07, 6.45) is 0. The number of aromatic nitrogens is 3. The average Bonchev–Trinajstić information content (AvgIpc) is 2.17. The number of rotatable bonds is 0. The number of aryl methyl sites for hydroxylation is 1. The van der Waals surface area contributed by atoms with Crippen LogP contribution in [-0.2, 0) is 0 Å². The number of nitrogens with one attached hydrogen (secondary N) is 1. The van der Waals surface area contributed by atoms with E-state index in [2.05, 4.69) is 27.0 Å². The van der Waals surface area contributed by atoms with Gasteiger partial charge in [0.25, 0.3) is 0 Å². The second-order valence-electron chi connectivity index (χ2n) is 1.62. The summed E-state index contributed by atoms with van der Waals surface area (Å²) in [5.41, 5.74) is 0. The Labute approximate surface area is 60.9 Å². The molecule has 54 valence electrons. The van der Waals surface area contributed by atoms with E-state index in [4.69, 9.17) is 0 Å². The van der Waals surface area contributed by atoms with Gasteiger partial charge in [-0.05, 0) is 19.8 Å². The van der Waals surface area contributed by atoms with E-state index in [1.807, 2.05) is 6.92 Å². The third kappa shape index (κ3) is 1.90. The van der Waals surface area contributed by atoms with Crippen LogP contribution < -0.4 is 0 Å². The van der Waals surface area contributed by atoms with Gasteiger partial charge in [0.05, 0.1) is 0 Å². The Morgan fingerprint density at radius 1 is 1.50 bits per heavy atom. The minimum atomic E-state index is 0. The maximum atomic E-state index is 3.96. The van der Waals surface area contributed by atoms with E-state index in [1.54, 1.807) is 6.92 Å². The van der Waals surface area contributed by atoms with Crippen molar-refractivity contribution in [2.45, 2.75) is 21.3 Å². The highest BCUT2D eigenvalue weighted by Gasteiger charge is 1.90. The fraction of sp³-hybridized carbons (Fsp3) is 0.429. The largest absolute Gasteiger partial charge is 0.262 e. The van der Waals surface area contributed by atoms with Gasteiger partial charge in [-0.1, -0.05) is 13.3 Å². The zero-order chi connectivity index (χ0) is 6.69. The molecular formula is C7H11N3. The van der Waals surface area contributed by atoms with E-state index in [1.165, 1.54) is 0 Å². The normalized spacial score (nSPS) is 7.40. The Bertz CT molecular complexity index is 251. The molecule has 0 saturated heterocycles. The zero-order valence-electron chi connectivity index (χ0n) is 5.39. The summed E-state index contributed by atoms with van der Waals surface area (Å²) in [7, 11) is 0. The first-order chi connectivity index (χ1) is 4.33. The molecule has 0 spiro atoms. The van der Waals surface area contributed by atoms with Gasteiger partial charge in [-0.25, -0.2) is 4.98 Å². The second kappa shape index (κ2) is 3.67. The van der Waals surface area contributed by atoms with Crippen molar-refractivity contribution in [3.63, 3.8) is 0 Å². The Hall–Kier alpha value is -1.30. The molecule has 0 bridgehead atoms. The summed E-state index contributed by atoms with van der Waals surface area (Å²) < 4.78 is 0. The minimum absolute atomic E-state index is 0. The summed E-state index contributed by atoms with van der Waals surface area (Å²) >= 11 is 0. The van der Waals surface area contributed by atoms with E-state index >= 15 is 0 Å². The van der Waals surface area contributed by atoms with Crippen molar-refractivity contribution in [2.24, 2.45) is 0 Å². The number of nitrogens with zero attached hydrogens (tertiary/aromatic N) is 2. The molecule has 1 aromatic heterocycles. The first-order valence-electron chi connectivity index (χ1n) is 2.64. The predicted molar refractivity (Wildman–Crippen MR) is 40.4 cm³/mol. The van der Waals surface area contributed by atoms with Crippen LogP contribution in [0, 0.1) is 18.8 Å². The Morgan fingerprint density at radius 3 is 2.60 bits per heavy atom. The van der Waals surface area contributed by atoms with Gasteiger partial charge in [0.2, 0.25) is 5.82 Å². The number of H-pyrrole nitrogens is 1. The topological polar surface area (TPSA) is 41.6 Å². The van der Waals surface area contributed by atoms with Gasteiger partial charge in [0.15, 0.2) is 0 Å². The molecule has 0 aliphatic carbocycles. The molecule has 0 amide bonds. The molecule has 1 rings (SSSR count). The maximum absolute atomic E-state index is 3.96. The Kier molecular flexibility index (Phi) is 3.20. The van der Waals surface area contributed by atoms with Crippen molar-refractivity contribution >= 4 is 0 Å². The van der Waals surface area contributed by atoms with Crippen LogP contribution in [0.15, 0.2) is 0 Å². The molecular weight excluding hydrogens is 126 g/mol. The zero-order valence-corrected chi connectivity index (χ0v) is 5.39. The molecule has 1 aromatic rings. The van der Waals surface area contributed by atoms with Gasteiger partial charge < -0.3 is 0 Å². The highest BCUT2D eigenvalue weighted by molar-refractivity contribution is 5.17. The fourth-order valence-electron chi connectivity index (χ4n) is 0.510. The van der Waals surface area contributed by atoms with Gasteiger partial charge >= 0.3 is 0 Å². The molecule has 1 N–H and O–H groups in total. The first-order valence-corrected chi connectivity index (χ1v) is 2.64. The van der Waals surface area contributed by atoms with Gasteiger partial charge in [-0.15, -0.1) is 5.10 Å². The van der Waals surface area contributed by atoms with E-state index in [0.717, 1.165) is 5.82 Å². The summed E-state index contributed by atoms with van der Waals surface area (Å²) in [5, 5.41) is 6.49. The molecule has 3 heteroatoms. The molecule has 0 aliphatic heterocycles. The van der Waals surface area contributed by atoms with E-state index in [9.17, 15) is 0 Å². The second-order valence-corrected chi connectivity index (χ2v) is 1.62. The third-order valence-corrected chi connectivity index (χ3v) is 0.834. The molecule has 3 nitrogen and oxygen atoms in total. The van der Waals surface area contributed by atoms with Crippen LogP contribution in [0.2, 0.25) is 0 Å². The Balaban J connectivity index is 0.000000810. The van der Waals surface area contributed by atoms with Crippen molar-refractivity contribution < 1.29 is 0 Å². The minimum Gasteiger partial charge on any atom is -0.262 e. The van der Waals surface area contributed by atoms with Gasteiger partial charge in [0, 0.05) is 0 Å². The van der Waals surface area contributed by atoms with Crippen LogP contribution in [0.3, 0.4) is 0 Å². The van der Waals surface area contributed by atoms with Crippen molar-refractivity contribution in [2.75, 3.05) is 0 Å². The quantitative estimate of drug-likeness (QED) is 0.544. The van der Waals surface area contributed by atoms with Crippen LogP contribution in [-0.4, -0.2) is 15.2 Å². The monoisotopic (exact) mass is 137 g/mol. The SMILES string of the molecule is C.CC#Cc1n[nH]c(C)n1. The number of hydrogen-bond acceptors (Lipinski definition) is 2. The van der Waals surface area contributed by atoms with E-state index in [0.29, 0.717) is 5.82 Å². The van der Waals surface area contributed by atoms with Crippen LogP contribution in [0.4, 0.5) is 0 Å². The molecule has 10 heavy (non-hydrogen) atoms. The molecule has 0 aliphatic rings. The predicted octanol–water partition coefficient (Wildman–Crippen LogP) is 1.12. The number of hydrogen-bond donors (Lipinski definition) is 1. The first kappa shape index (κ1) is 8.70. The van der Waals surface area contributed by atoms with Crippen LogP contribution in [0.25, 0.3) is 0 Å². The smallest absolute Gasteiger partial charge is 0.225 e. The summed E-state index contributed by atoms with van der Waals surface area (Å²) in [6.45, 7) is 3.60. The van der Waals surface area contributed by atoms with Crippen molar-refractivity contribution in [1.29, 1.82) is 0 Å². The molecule has 0 fully saturated rings. The lowest BCUT2D eigenvalue weighted by Crippen LogP contribution is -1.74. The summed E-state index contributed by atoms with van der Waals surface area (Å²) in [4.78, 5) is 3.96. The average molecular weight is 137 g/mol. The fourth-order valence-corrected chi connectivity index (χ4v) is 0.510. The molecule has 0 unspecified atom stereocenters.